The monoisotopic (exact) mass is 211 g/mol. The number of nitrogens with one attached hydrogen (secondary N) is 1. The van der Waals surface area contributed by atoms with Crippen molar-refractivity contribution in [2.24, 2.45) is 11.7 Å². The van der Waals surface area contributed by atoms with Gasteiger partial charge in [0.25, 0.3) is 5.91 Å². The fourth-order valence-electron chi connectivity index (χ4n) is 1.37. The maximum atomic E-state index is 11.6. The first-order valence-electron chi connectivity index (χ1n) is 5.04. The Morgan fingerprint density at radius 1 is 1.67 bits per heavy atom. The Balaban J connectivity index is 2.48. The molecule has 1 heterocycles. The van der Waals surface area contributed by atoms with Crippen LogP contribution in [0.15, 0.2) is 16.9 Å². The largest absolute Gasteiger partial charge is 0.364 e. The lowest BCUT2D eigenvalue weighted by molar-refractivity contribution is 0.0924. The number of carbonyl (C=O) groups excluding carboxylic acids is 1. The number of rotatable bonds is 5. The average Bonchev–Trinajstić information content (AvgIpc) is 2.68. The first-order valence-corrected chi connectivity index (χ1v) is 5.04. The zero-order valence-electron chi connectivity index (χ0n) is 9.06. The molecule has 1 amide bonds. The van der Waals surface area contributed by atoms with Gasteiger partial charge in [-0.05, 0) is 12.3 Å². The molecule has 1 rings (SSSR count). The van der Waals surface area contributed by atoms with E-state index in [1.807, 2.05) is 0 Å². The van der Waals surface area contributed by atoms with E-state index in [4.69, 9.17) is 5.73 Å². The van der Waals surface area contributed by atoms with E-state index >= 15 is 0 Å². The number of nitrogens with two attached hydrogens (primary N) is 1. The number of aromatic nitrogens is 1. The average molecular weight is 211 g/mol. The predicted octanol–water partition coefficient (Wildman–Crippen LogP) is 0.778. The van der Waals surface area contributed by atoms with Crippen molar-refractivity contribution in [3.05, 3.63) is 18.0 Å². The molecule has 0 aliphatic heterocycles. The number of hydrogen-bond acceptors (Lipinski definition) is 4. The van der Waals surface area contributed by atoms with E-state index in [0.29, 0.717) is 12.5 Å². The SMILES string of the molecule is CC(C)CC(CN)NC(=O)c1ccon1. The molecule has 0 radical (unpaired) electrons. The second kappa shape index (κ2) is 5.50. The molecule has 0 fully saturated rings. The van der Waals surface area contributed by atoms with Crippen molar-refractivity contribution in [2.75, 3.05) is 6.54 Å². The summed E-state index contributed by atoms with van der Waals surface area (Å²) in [4.78, 5) is 11.6. The molecule has 5 heteroatoms. The Kier molecular flexibility index (Phi) is 4.30. The summed E-state index contributed by atoms with van der Waals surface area (Å²) in [6.45, 7) is 4.61. The van der Waals surface area contributed by atoms with Crippen LogP contribution in [0.5, 0.6) is 0 Å². The van der Waals surface area contributed by atoms with E-state index in [9.17, 15) is 4.79 Å². The Hall–Kier alpha value is -1.36. The molecule has 84 valence electrons. The van der Waals surface area contributed by atoms with Gasteiger partial charge in [-0.3, -0.25) is 4.79 Å². The van der Waals surface area contributed by atoms with Crippen LogP contribution < -0.4 is 11.1 Å². The summed E-state index contributed by atoms with van der Waals surface area (Å²) >= 11 is 0. The first-order chi connectivity index (χ1) is 7.13. The zero-order chi connectivity index (χ0) is 11.3. The highest BCUT2D eigenvalue weighted by Crippen LogP contribution is 2.04. The van der Waals surface area contributed by atoms with Crippen molar-refractivity contribution in [1.29, 1.82) is 0 Å². The van der Waals surface area contributed by atoms with Crippen LogP contribution in [0, 0.1) is 5.92 Å². The third-order valence-corrected chi connectivity index (χ3v) is 2.05. The Morgan fingerprint density at radius 2 is 2.40 bits per heavy atom. The summed E-state index contributed by atoms with van der Waals surface area (Å²) in [5.74, 6) is 0.260. The van der Waals surface area contributed by atoms with Crippen molar-refractivity contribution in [3.8, 4) is 0 Å². The van der Waals surface area contributed by atoms with Crippen molar-refractivity contribution in [1.82, 2.24) is 10.5 Å². The lowest BCUT2D eigenvalue weighted by Gasteiger charge is -2.17. The standard InChI is InChI=1S/C10H17N3O2/c1-7(2)5-8(6-11)12-10(14)9-3-4-15-13-9/h3-4,7-8H,5-6,11H2,1-2H3,(H,12,14). The maximum Gasteiger partial charge on any atom is 0.273 e. The van der Waals surface area contributed by atoms with Gasteiger partial charge in [-0.25, -0.2) is 0 Å². The minimum absolute atomic E-state index is 0.00537. The van der Waals surface area contributed by atoms with Crippen LogP contribution in [0.25, 0.3) is 0 Å². The topological polar surface area (TPSA) is 81.1 Å². The minimum atomic E-state index is -0.236. The fraction of sp³-hybridized carbons (Fsp3) is 0.600. The minimum Gasteiger partial charge on any atom is -0.364 e. The maximum absolute atomic E-state index is 11.6. The van der Waals surface area contributed by atoms with Crippen molar-refractivity contribution in [3.63, 3.8) is 0 Å². The van der Waals surface area contributed by atoms with E-state index in [-0.39, 0.29) is 17.6 Å². The Labute approximate surface area is 89.0 Å². The van der Waals surface area contributed by atoms with Crippen molar-refractivity contribution < 1.29 is 9.32 Å². The number of carbonyl (C=O) groups is 1. The summed E-state index contributed by atoms with van der Waals surface area (Å²) in [7, 11) is 0. The van der Waals surface area contributed by atoms with Crippen molar-refractivity contribution in [2.45, 2.75) is 26.3 Å². The van der Waals surface area contributed by atoms with Crippen LogP contribution in [0.4, 0.5) is 0 Å². The molecular formula is C10H17N3O2. The molecule has 0 saturated heterocycles. The third kappa shape index (κ3) is 3.71. The van der Waals surface area contributed by atoms with Gasteiger partial charge in [-0.1, -0.05) is 19.0 Å². The van der Waals surface area contributed by atoms with Crippen LogP contribution in [0.2, 0.25) is 0 Å². The van der Waals surface area contributed by atoms with Crippen LogP contribution >= 0.6 is 0 Å². The van der Waals surface area contributed by atoms with Crippen LogP contribution in [0.3, 0.4) is 0 Å². The second-order valence-corrected chi connectivity index (χ2v) is 3.92. The van der Waals surface area contributed by atoms with Gasteiger partial charge in [-0.2, -0.15) is 0 Å². The van der Waals surface area contributed by atoms with Crippen molar-refractivity contribution >= 4 is 5.91 Å². The molecule has 15 heavy (non-hydrogen) atoms. The summed E-state index contributed by atoms with van der Waals surface area (Å²) in [6.07, 6.45) is 2.23. The van der Waals surface area contributed by atoms with Gasteiger partial charge in [0.1, 0.15) is 6.26 Å². The second-order valence-electron chi connectivity index (χ2n) is 3.92. The summed E-state index contributed by atoms with van der Waals surface area (Å²) < 4.78 is 4.59. The van der Waals surface area contributed by atoms with E-state index in [1.54, 1.807) is 0 Å². The first kappa shape index (κ1) is 11.7. The molecule has 0 aliphatic rings. The third-order valence-electron chi connectivity index (χ3n) is 2.05. The van der Waals surface area contributed by atoms with Crippen LogP contribution in [0.1, 0.15) is 30.8 Å². The van der Waals surface area contributed by atoms with Crippen LogP contribution in [-0.4, -0.2) is 23.7 Å². The quantitative estimate of drug-likeness (QED) is 0.754. The van der Waals surface area contributed by atoms with E-state index < -0.39 is 0 Å². The predicted molar refractivity (Wildman–Crippen MR) is 56.3 cm³/mol. The van der Waals surface area contributed by atoms with Gasteiger partial charge < -0.3 is 15.6 Å². The van der Waals surface area contributed by atoms with Gasteiger partial charge in [-0.15, -0.1) is 0 Å². The molecular weight excluding hydrogens is 194 g/mol. The highest BCUT2D eigenvalue weighted by atomic mass is 16.5. The summed E-state index contributed by atoms with van der Waals surface area (Å²) in [6, 6.07) is 1.52. The van der Waals surface area contributed by atoms with E-state index in [2.05, 4.69) is 28.8 Å². The van der Waals surface area contributed by atoms with Gasteiger partial charge in [0.2, 0.25) is 0 Å². The normalized spacial score (nSPS) is 12.8. The molecule has 0 aromatic carbocycles. The molecule has 0 bridgehead atoms. The molecule has 0 spiro atoms. The molecule has 0 aliphatic carbocycles. The molecule has 0 saturated carbocycles. The number of amides is 1. The molecule has 1 aromatic rings. The molecule has 5 nitrogen and oxygen atoms in total. The highest BCUT2D eigenvalue weighted by molar-refractivity contribution is 5.92. The Morgan fingerprint density at radius 3 is 2.87 bits per heavy atom. The number of hydrogen-bond donors (Lipinski definition) is 2. The Bertz CT molecular complexity index is 296. The molecule has 1 aromatic heterocycles. The summed E-state index contributed by atoms with van der Waals surface area (Å²) in [5, 5.41) is 6.37. The lowest BCUT2D eigenvalue weighted by atomic mass is 10.0. The van der Waals surface area contributed by atoms with Gasteiger partial charge in [0, 0.05) is 18.7 Å². The molecule has 3 N–H and O–H groups in total. The molecule has 1 atom stereocenters. The smallest absolute Gasteiger partial charge is 0.273 e. The number of nitrogens with zero attached hydrogens (tertiary/aromatic N) is 1. The van der Waals surface area contributed by atoms with Gasteiger partial charge >= 0.3 is 0 Å². The van der Waals surface area contributed by atoms with E-state index in [1.165, 1.54) is 12.3 Å². The van der Waals surface area contributed by atoms with Gasteiger partial charge in [0.15, 0.2) is 5.69 Å². The summed E-state index contributed by atoms with van der Waals surface area (Å²) in [5.41, 5.74) is 5.85. The zero-order valence-corrected chi connectivity index (χ0v) is 9.06. The van der Waals surface area contributed by atoms with Crippen LogP contribution in [-0.2, 0) is 0 Å². The fourth-order valence-corrected chi connectivity index (χ4v) is 1.37. The lowest BCUT2D eigenvalue weighted by Crippen LogP contribution is -2.41. The van der Waals surface area contributed by atoms with Gasteiger partial charge in [0.05, 0.1) is 0 Å². The highest BCUT2D eigenvalue weighted by Gasteiger charge is 2.15. The van der Waals surface area contributed by atoms with E-state index in [0.717, 1.165) is 6.42 Å². The molecule has 1 unspecified atom stereocenters.